The zero-order valence-electron chi connectivity index (χ0n) is 15.8. The fourth-order valence-electron chi connectivity index (χ4n) is 3.34. The molecule has 1 aliphatic rings. The smallest absolute Gasteiger partial charge is 0.258 e. The predicted octanol–water partition coefficient (Wildman–Crippen LogP) is 3.87. The fraction of sp³-hybridized carbons (Fsp3) is 0.182. The Balaban J connectivity index is 1.65. The third-order valence-electron chi connectivity index (χ3n) is 4.79. The van der Waals surface area contributed by atoms with Gasteiger partial charge < -0.3 is 19.7 Å². The number of carbonyl (C=O) groups excluding carboxylic acids is 1. The first-order valence-corrected chi connectivity index (χ1v) is 8.99. The zero-order chi connectivity index (χ0) is 19.5. The molecule has 2 heterocycles. The fourth-order valence-corrected chi connectivity index (χ4v) is 3.34. The maximum absolute atomic E-state index is 13.0. The highest BCUT2D eigenvalue weighted by Crippen LogP contribution is 2.34. The van der Waals surface area contributed by atoms with Crippen molar-refractivity contribution in [3.05, 3.63) is 83.7 Å². The summed E-state index contributed by atoms with van der Waals surface area (Å²) in [4.78, 5) is 19.3. The molecule has 0 radical (unpaired) electrons. The van der Waals surface area contributed by atoms with Crippen LogP contribution in [0.2, 0.25) is 0 Å². The molecule has 1 atom stereocenters. The van der Waals surface area contributed by atoms with E-state index in [2.05, 4.69) is 10.3 Å². The first-order valence-electron chi connectivity index (χ1n) is 8.99. The lowest BCUT2D eigenvalue weighted by atomic mass is 10.2. The van der Waals surface area contributed by atoms with Crippen molar-refractivity contribution in [1.82, 2.24) is 9.88 Å². The summed E-state index contributed by atoms with van der Waals surface area (Å²) in [5.41, 5.74) is 3.22. The van der Waals surface area contributed by atoms with Gasteiger partial charge in [0.05, 0.1) is 25.5 Å². The Kier molecular flexibility index (Phi) is 4.85. The lowest BCUT2D eigenvalue weighted by molar-refractivity contribution is 0.0728. The molecule has 1 aliphatic heterocycles. The highest BCUT2D eigenvalue weighted by Gasteiger charge is 2.37. The van der Waals surface area contributed by atoms with Crippen molar-refractivity contribution >= 4 is 11.6 Å². The van der Waals surface area contributed by atoms with Crippen molar-refractivity contribution in [2.45, 2.75) is 12.7 Å². The van der Waals surface area contributed by atoms with Crippen LogP contribution in [0.25, 0.3) is 0 Å². The van der Waals surface area contributed by atoms with E-state index in [-0.39, 0.29) is 12.1 Å². The maximum atomic E-state index is 13.0. The molecule has 142 valence electrons. The molecule has 6 heteroatoms. The minimum absolute atomic E-state index is 0.0423. The lowest BCUT2D eigenvalue weighted by Gasteiger charge is -2.26. The summed E-state index contributed by atoms with van der Waals surface area (Å²) in [5, 5.41) is 3.43. The SMILES string of the molecule is COc1ccc(CN2C(=O)c3cccnc3[C@H]2Nc2cccc(OC)c2)cc1. The topological polar surface area (TPSA) is 63.7 Å². The largest absolute Gasteiger partial charge is 0.497 e. The van der Waals surface area contributed by atoms with Gasteiger partial charge >= 0.3 is 0 Å². The number of amides is 1. The zero-order valence-corrected chi connectivity index (χ0v) is 15.8. The van der Waals surface area contributed by atoms with Crippen LogP contribution in [0.4, 0.5) is 5.69 Å². The first-order chi connectivity index (χ1) is 13.7. The number of hydrogen-bond donors (Lipinski definition) is 1. The second-order valence-electron chi connectivity index (χ2n) is 6.50. The number of anilines is 1. The van der Waals surface area contributed by atoms with E-state index in [1.807, 2.05) is 54.6 Å². The van der Waals surface area contributed by atoms with E-state index in [9.17, 15) is 4.79 Å². The third kappa shape index (κ3) is 3.36. The second-order valence-corrected chi connectivity index (χ2v) is 6.50. The van der Waals surface area contributed by atoms with Gasteiger partial charge in [0.25, 0.3) is 5.91 Å². The van der Waals surface area contributed by atoms with E-state index in [1.165, 1.54) is 0 Å². The Hall–Kier alpha value is -3.54. The molecule has 1 amide bonds. The van der Waals surface area contributed by atoms with Crippen LogP contribution in [-0.2, 0) is 6.54 Å². The van der Waals surface area contributed by atoms with Gasteiger partial charge in [-0.2, -0.15) is 0 Å². The number of ether oxygens (including phenoxy) is 2. The van der Waals surface area contributed by atoms with Crippen LogP contribution in [0, 0.1) is 0 Å². The van der Waals surface area contributed by atoms with Crippen molar-refractivity contribution in [2.75, 3.05) is 19.5 Å². The number of carbonyl (C=O) groups is 1. The lowest BCUT2D eigenvalue weighted by Crippen LogP contribution is -2.32. The summed E-state index contributed by atoms with van der Waals surface area (Å²) in [6, 6.07) is 19.0. The van der Waals surface area contributed by atoms with E-state index in [4.69, 9.17) is 9.47 Å². The minimum atomic E-state index is -0.363. The molecule has 1 aromatic heterocycles. The van der Waals surface area contributed by atoms with Gasteiger partial charge in [0, 0.05) is 24.5 Å². The van der Waals surface area contributed by atoms with Crippen LogP contribution in [-0.4, -0.2) is 30.0 Å². The maximum Gasteiger partial charge on any atom is 0.258 e. The molecule has 2 aromatic carbocycles. The van der Waals surface area contributed by atoms with Crippen molar-refractivity contribution in [3.63, 3.8) is 0 Å². The first kappa shape index (κ1) is 17.9. The predicted molar refractivity (Wildman–Crippen MR) is 106 cm³/mol. The number of hydrogen-bond acceptors (Lipinski definition) is 5. The molecular weight excluding hydrogens is 354 g/mol. The number of aromatic nitrogens is 1. The number of nitrogens with zero attached hydrogens (tertiary/aromatic N) is 2. The summed E-state index contributed by atoms with van der Waals surface area (Å²) in [7, 11) is 3.26. The molecule has 0 bridgehead atoms. The summed E-state index contributed by atoms with van der Waals surface area (Å²) in [6.45, 7) is 0.459. The quantitative estimate of drug-likeness (QED) is 0.709. The molecule has 0 spiro atoms. The van der Waals surface area contributed by atoms with Crippen LogP contribution in [0.3, 0.4) is 0 Å². The minimum Gasteiger partial charge on any atom is -0.497 e. The summed E-state index contributed by atoms with van der Waals surface area (Å²) in [5.74, 6) is 1.49. The molecule has 4 rings (SSSR count). The normalized spacial score (nSPS) is 15.3. The van der Waals surface area contributed by atoms with Crippen molar-refractivity contribution in [3.8, 4) is 11.5 Å². The van der Waals surface area contributed by atoms with Gasteiger partial charge in [0.15, 0.2) is 0 Å². The number of pyridine rings is 1. The number of fused-ring (bicyclic) bond motifs is 1. The van der Waals surface area contributed by atoms with E-state index in [0.29, 0.717) is 12.1 Å². The molecule has 0 fully saturated rings. The Morgan fingerprint density at radius 1 is 1.00 bits per heavy atom. The van der Waals surface area contributed by atoms with E-state index in [0.717, 1.165) is 28.4 Å². The Labute approximate surface area is 163 Å². The van der Waals surface area contributed by atoms with Crippen LogP contribution in [0.1, 0.15) is 27.8 Å². The Morgan fingerprint density at radius 2 is 1.79 bits per heavy atom. The summed E-state index contributed by atoms with van der Waals surface area (Å²) in [6.07, 6.45) is 1.35. The Morgan fingerprint density at radius 3 is 2.54 bits per heavy atom. The molecule has 0 unspecified atom stereocenters. The average Bonchev–Trinajstić information content (AvgIpc) is 3.00. The molecule has 28 heavy (non-hydrogen) atoms. The van der Waals surface area contributed by atoms with Gasteiger partial charge in [-0.25, -0.2) is 0 Å². The van der Waals surface area contributed by atoms with Crippen LogP contribution in [0.15, 0.2) is 66.9 Å². The van der Waals surface area contributed by atoms with E-state index in [1.54, 1.807) is 31.4 Å². The standard InChI is InChI=1S/C22H21N3O3/c1-27-17-10-8-15(9-11-17)14-25-21(20-19(22(25)26)7-4-12-23-20)24-16-5-3-6-18(13-16)28-2/h3-13,21,24H,14H2,1-2H3/t21-/m0/s1. The number of rotatable bonds is 6. The molecule has 1 N–H and O–H groups in total. The van der Waals surface area contributed by atoms with Crippen molar-refractivity contribution in [1.29, 1.82) is 0 Å². The van der Waals surface area contributed by atoms with Crippen molar-refractivity contribution in [2.24, 2.45) is 0 Å². The van der Waals surface area contributed by atoms with E-state index < -0.39 is 0 Å². The second kappa shape index (κ2) is 7.60. The Bertz CT molecular complexity index is 988. The molecule has 0 saturated carbocycles. The van der Waals surface area contributed by atoms with Gasteiger partial charge in [0.2, 0.25) is 0 Å². The van der Waals surface area contributed by atoms with E-state index >= 15 is 0 Å². The molecule has 6 nitrogen and oxygen atoms in total. The third-order valence-corrected chi connectivity index (χ3v) is 4.79. The van der Waals surface area contributed by atoms with Crippen LogP contribution >= 0.6 is 0 Å². The van der Waals surface area contributed by atoms with Crippen LogP contribution < -0.4 is 14.8 Å². The van der Waals surface area contributed by atoms with Gasteiger partial charge in [-0.1, -0.05) is 18.2 Å². The van der Waals surface area contributed by atoms with Gasteiger partial charge in [-0.3, -0.25) is 9.78 Å². The van der Waals surface area contributed by atoms with Gasteiger partial charge in [0.1, 0.15) is 17.7 Å². The monoisotopic (exact) mass is 375 g/mol. The number of benzene rings is 2. The molecule has 0 saturated heterocycles. The summed E-state index contributed by atoms with van der Waals surface area (Å²) >= 11 is 0. The average molecular weight is 375 g/mol. The van der Waals surface area contributed by atoms with Crippen molar-refractivity contribution < 1.29 is 14.3 Å². The summed E-state index contributed by atoms with van der Waals surface area (Å²) < 4.78 is 10.5. The van der Waals surface area contributed by atoms with Gasteiger partial charge in [-0.15, -0.1) is 0 Å². The highest BCUT2D eigenvalue weighted by molar-refractivity contribution is 5.98. The molecular formula is C22H21N3O3. The molecule has 3 aromatic rings. The molecule has 0 aliphatic carbocycles. The number of methoxy groups -OCH3 is 2. The number of nitrogens with one attached hydrogen (secondary N) is 1. The highest BCUT2D eigenvalue weighted by atomic mass is 16.5. The van der Waals surface area contributed by atoms with Crippen LogP contribution in [0.5, 0.6) is 11.5 Å². The van der Waals surface area contributed by atoms with Gasteiger partial charge in [-0.05, 0) is 42.0 Å².